The van der Waals surface area contributed by atoms with Crippen LogP contribution < -0.4 is 0 Å². The van der Waals surface area contributed by atoms with Crippen molar-refractivity contribution in [3.8, 4) is 0 Å². The number of hydrogen-bond acceptors (Lipinski definition) is 5. The predicted molar refractivity (Wildman–Crippen MR) is 125 cm³/mol. The minimum absolute atomic E-state index is 0.0470. The second-order valence-corrected chi connectivity index (χ2v) is 12.9. The molecular weight excluding hydrogens is 413 g/mol. The average molecular weight is 460 g/mol. The van der Waals surface area contributed by atoms with Gasteiger partial charge in [0, 0.05) is 45.3 Å². The van der Waals surface area contributed by atoms with E-state index in [1.807, 2.05) is 0 Å². The summed E-state index contributed by atoms with van der Waals surface area (Å²) in [4.78, 5) is 2.43. The summed E-state index contributed by atoms with van der Waals surface area (Å²) in [5.41, 5.74) is 0. The normalized spacial score (nSPS) is 34.3. The monoisotopic (exact) mass is 459 g/mol. The summed E-state index contributed by atoms with van der Waals surface area (Å²) in [7, 11) is -3.13. The maximum Gasteiger partial charge on any atom is 0.346 e. The van der Waals surface area contributed by atoms with Gasteiger partial charge < -0.3 is 14.0 Å². The summed E-state index contributed by atoms with van der Waals surface area (Å²) in [5.74, 6) is 0.548. The number of piperidine rings is 1. The summed E-state index contributed by atoms with van der Waals surface area (Å²) in [6.45, 7) is 18.3. The van der Waals surface area contributed by atoms with Crippen molar-refractivity contribution in [2.75, 3.05) is 45.9 Å². The van der Waals surface area contributed by atoms with Crippen LogP contribution in [-0.4, -0.2) is 90.6 Å². The molecule has 0 spiro atoms. The Morgan fingerprint density at radius 2 is 1.52 bits per heavy atom. The van der Waals surface area contributed by atoms with Crippen LogP contribution in [0, 0.1) is 5.92 Å². The molecule has 0 radical (unpaired) electrons. The lowest BCUT2D eigenvalue weighted by atomic mass is 10.0. The Hall–Kier alpha value is -0.0100. The molecule has 8 heteroatoms. The van der Waals surface area contributed by atoms with Gasteiger partial charge in [-0.3, -0.25) is 9.46 Å². The Bertz CT molecular complexity index is 597. The van der Waals surface area contributed by atoms with Crippen molar-refractivity contribution in [1.29, 1.82) is 0 Å². The summed E-state index contributed by atoms with van der Waals surface area (Å²) < 4.78 is 37.6. The molecule has 3 aliphatic rings. The second kappa shape index (κ2) is 11.4. The lowest BCUT2D eigenvalue weighted by Crippen LogP contribution is -2.51. The fourth-order valence-electron chi connectivity index (χ4n) is 5.13. The zero-order chi connectivity index (χ0) is 22.6. The van der Waals surface area contributed by atoms with E-state index in [2.05, 4.69) is 55.8 Å². The van der Waals surface area contributed by atoms with E-state index in [-0.39, 0.29) is 24.4 Å². The summed E-state index contributed by atoms with van der Waals surface area (Å²) in [6.07, 6.45) is 4.63. The predicted octanol–water partition coefficient (Wildman–Crippen LogP) is 4.23. The highest BCUT2D eigenvalue weighted by Crippen LogP contribution is 2.56. The van der Waals surface area contributed by atoms with E-state index in [1.165, 1.54) is 6.42 Å². The van der Waals surface area contributed by atoms with E-state index in [0.29, 0.717) is 31.7 Å². The van der Waals surface area contributed by atoms with Gasteiger partial charge in [0.1, 0.15) is 0 Å². The largest absolute Gasteiger partial charge is 0.373 e. The molecule has 3 saturated heterocycles. The fraction of sp³-hybridized carbons (Fsp3) is 1.00. The Balaban J connectivity index is 1.73. The molecule has 0 aromatic rings. The van der Waals surface area contributed by atoms with Crippen molar-refractivity contribution in [2.45, 2.75) is 97.7 Å². The first-order valence-electron chi connectivity index (χ1n) is 12.5. The van der Waals surface area contributed by atoms with Crippen LogP contribution >= 0.6 is 7.67 Å². The van der Waals surface area contributed by atoms with Crippen LogP contribution in [0.3, 0.4) is 0 Å². The Labute approximate surface area is 190 Å². The molecule has 31 heavy (non-hydrogen) atoms. The van der Waals surface area contributed by atoms with Gasteiger partial charge in [-0.2, -0.15) is 0 Å². The first-order chi connectivity index (χ1) is 14.7. The van der Waals surface area contributed by atoms with Crippen molar-refractivity contribution in [3.05, 3.63) is 0 Å². The maximum absolute atomic E-state index is 14.5. The van der Waals surface area contributed by atoms with Crippen LogP contribution in [-0.2, 0) is 18.6 Å². The molecule has 3 aliphatic heterocycles. The zero-order valence-corrected chi connectivity index (χ0v) is 21.6. The van der Waals surface area contributed by atoms with Gasteiger partial charge in [0.15, 0.2) is 0 Å². The molecular formula is C23H46N3O4P. The van der Waals surface area contributed by atoms with Gasteiger partial charge in [0.2, 0.25) is 0 Å². The van der Waals surface area contributed by atoms with Crippen molar-refractivity contribution < 1.29 is 18.6 Å². The van der Waals surface area contributed by atoms with Gasteiger partial charge in [-0.05, 0) is 52.9 Å². The molecule has 3 unspecified atom stereocenters. The number of nitrogens with zero attached hydrogens (tertiary/aromatic N) is 3. The Kier molecular flexibility index (Phi) is 9.43. The van der Waals surface area contributed by atoms with Gasteiger partial charge in [0.25, 0.3) is 0 Å². The SMILES string of the molecule is CC(C)CC1CN(P(=O)(OCC2CN(C(C)C)C[C@H](C)O2)N2CCCCC2)C[C@H](C)O1. The first kappa shape index (κ1) is 25.6. The van der Waals surface area contributed by atoms with Gasteiger partial charge >= 0.3 is 7.67 Å². The highest BCUT2D eigenvalue weighted by Gasteiger charge is 2.44. The molecule has 3 rings (SSSR count). The molecule has 0 amide bonds. The summed E-state index contributed by atoms with van der Waals surface area (Å²) >= 11 is 0. The topological polar surface area (TPSA) is 54.5 Å². The smallest absolute Gasteiger partial charge is 0.346 e. The maximum atomic E-state index is 14.5. The molecule has 0 bridgehead atoms. The Morgan fingerprint density at radius 3 is 2.16 bits per heavy atom. The molecule has 7 nitrogen and oxygen atoms in total. The molecule has 5 atom stereocenters. The van der Waals surface area contributed by atoms with Crippen LogP contribution in [0.15, 0.2) is 0 Å². The highest BCUT2D eigenvalue weighted by molar-refractivity contribution is 7.54. The van der Waals surface area contributed by atoms with E-state index in [0.717, 1.165) is 45.4 Å². The van der Waals surface area contributed by atoms with Crippen LogP contribution in [0.5, 0.6) is 0 Å². The molecule has 3 heterocycles. The van der Waals surface area contributed by atoms with E-state index in [4.69, 9.17) is 14.0 Å². The molecule has 0 N–H and O–H groups in total. The van der Waals surface area contributed by atoms with Crippen molar-refractivity contribution >= 4 is 7.67 Å². The summed E-state index contributed by atoms with van der Waals surface area (Å²) in [6, 6.07) is 0.472. The molecule has 3 fully saturated rings. The number of hydrogen-bond donors (Lipinski definition) is 0. The number of rotatable bonds is 8. The van der Waals surface area contributed by atoms with Gasteiger partial charge in [-0.25, -0.2) is 9.34 Å². The molecule has 0 saturated carbocycles. The third-order valence-corrected chi connectivity index (χ3v) is 9.24. The standard InChI is InChI=1S/C23H46N3O4P/c1-18(2)12-22-16-26(14-21(6)29-22)31(27,25-10-8-7-9-11-25)28-17-23-15-24(19(3)4)13-20(5)30-23/h18-23H,7-17H2,1-6H3/t20-,21-,22?,23?,31?/m0/s1. The van der Waals surface area contributed by atoms with Crippen LogP contribution in [0.4, 0.5) is 0 Å². The molecule has 0 aromatic carbocycles. The number of ether oxygens (including phenoxy) is 2. The zero-order valence-electron chi connectivity index (χ0n) is 20.7. The van der Waals surface area contributed by atoms with E-state index in [9.17, 15) is 4.57 Å². The van der Waals surface area contributed by atoms with Gasteiger partial charge in [-0.15, -0.1) is 0 Å². The first-order valence-corrected chi connectivity index (χ1v) is 14.0. The van der Waals surface area contributed by atoms with Crippen LogP contribution in [0.1, 0.15) is 67.2 Å². The molecule has 0 aliphatic carbocycles. The lowest BCUT2D eigenvalue weighted by molar-refractivity contribution is -0.102. The van der Waals surface area contributed by atoms with E-state index in [1.54, 1.807) is 0 Å². The quantitative estimate of drug-likeness (QED) is 0.504. The van der Waals surface area contributed by atoms with Crippen LogP contribution in [0.25, 0.3) is 0 Å². The minimum Gasteiger partial charge on any atom is -0.373 e. The molecule has 182 valence electrons. The Morgan fingerprint density at radius 1 is 0.871 bits per heavy atom. The van der Waals surface area contributed by atoms with E-state index < -0.39 is 7.67 Å². The summed E-state index contributed by atoms with van der Waals surface area (Å²) in [5, 5.41) is 0. The number of morpholine rings is 2. The third-order valence-electron chi connectivity index (χ3n) is 6.60. The van der Waals surface area contributed by atoms with Crippen molar-refractivity contribution in [1.82, 2.24) is 14.2 Å². The third kappa shape index (κ3) is 6.99. The van der Waals surface area contributed by atoms with Gasteiger partial charge in [0.05, 0.1) is 31.0 Å². The molecule has 0 aromatic heterocycles. The fourth-order valence-corrected chi connectivity index (χ4v) is 7.79. The second-order valence-electron chi connectivity index (χ2n) is 10.5. The lowest BCUT2D eigenvalue weighted by Gasteiger charge is -2.46. The van der Waals surface area contributed by atoms with Crippen molar-refractivity contribution in [2.24, 2.45) is 5.92 Å². The highest BCUT2D eigenvalue weighted by atomic mass is 31.2. The van der Waals surface area contributed by atoms with E-state index >= 15 is 0 Å². The van der Waals surface area contributed by atoms with Crippen molar-refractivity contribution in [3.63, 3.8) is 0 Å². The average Bonchev–Trinajstić information content (AvgIpc) is 2.71. The minimum atomic E-state index is -3.13. The van der Waals surface area contributed by atoms with Crippen LogP contribution in [0.2, 0.25) is 0 Å². The van der Waals surface area contributed by atoms with Gasteiger partial charge in [-0.1, -0.05) is 20.3 Å².